The van der Waals surface area contributed by atoms with Crippen LogP contribution in [0.5, 0.6) is 5.75 Å². The fraction of sp³-hybridized carbons (Fsp3) is 0.167. The number of hydrogen-bond acceptors (Lipinski definition) is 6. The summed E-state index contributed by atoms with van der Waals surface area (Å²) in [6.45, 7) is 1.76. The molecule has 0 bridgehead atoms. The molecule has 9 nitrogen and oxygen atoms in total. The van der Waals surface area contributed by atoms with Crippen LogP contribution in [0.3, 0.4) is 0 Å². The van der Waals surface area contributed by atoms with Crippen molar-refractivity contribution in [1.82, 2.24) is 16.2 Å². The Kier molecular flexibility index (Phi) is 8.04. The van der Waals surface area contributed by atoms with Crippen molar-refractivity contribution < 1.29 is 19.2 Å². The van der Waals surface area contributed by atoms with E-state index < -0.39 is 16.7 Å². The summed E-state index contributed by atoms with van der Waals surface area (Å²) >= 11 is 8.31. The minimum absolute atomic E-state index is 0.134. The van der Waals surface area contributed by atoms with Gasteiger partial charge in [0.1, 0.15) is 5.75 Å². The third kappa shape index (κ3) is 6.80. The molecule has 0 radical (unpaired) electrons. The second-order valence-corrected chi connectivity index (χ2v) is 6.93. The molecule has 0 unspecified atom stereocenters. The first-order valence-corrected chi connectivity index (χ1v) is 9.56. The highest BCUT2D eigenvalue weighted by atomic mass is 79.9. The number of thiocarbonyl (C=S) groups is 1. The SMILES string of the molecule is CCc1ccc(OCC(=O)NNC(=S)NC(=O)c2ccc([N+](=O)[O-])cc2)c(Br)c1. The lowest BCUT2D eigenvalue weighted by Crippen LogP contribution is -2.49. The van der Waals surface area contributed by atoms with Gasteiger partial charge in [0.2, 0.25) is 0 Å². The fourth-order valence-corrected chi connectivity index (χ4v) is 2.81. The summed E-state index contributed by atoms with van der Waals surface area (Å²) in [5, 5.41) is 12.8. The number of nitro benzene ring substituents is 1. The molecular formula is C18H17BrN4O5S. The third-order valence-corrected chi connectivity index (χ3v) is 4.47. The van der Waals surface area contributed by atoms with Crippen LogP contribution >= 0.6 is 28.1 Å². The predicted octanol–water partition coefficient (Wildman–Crippen LogP) is 2.63. The number of nitrogens with one attached hydrogen (secondary N) is 3. The topological polar surface area (TPSA) is 123 Å². The van der Waals surface area contributed by atoms with Gasteiger partial charge >= 0.3 is 0 Å². The summed E-state index contributed by atoms with van der Waals surface area (Å²) in [6.07, 6.45) is 0.881. The van der Waals surface area contributed by atoms with E-state index in [1.807, 2.05) is 19.1 Å². The second kappa shape index (κ2) is 10.5. The van der Waals surface area contributed by atoms with Gasteiger partial charge in [-0.1, -0.05) is 13.0 Å². The Morgan fingerprint density at radius 3 is 2.45 bits per heavy atom. The molecule has 0 atom stereocenters. The van der Waals surface area contributed by atoms with Gasteiger partial charge in [-0.05, 0) is 64.4 Å². The number of hydrazine groups is 1. The van der Waals surface area contributed by atoms with Crippen molar-refractivity contribution >= 4 is 50.8 Å². The van der Waals surface area contributed by atoms with Gasteiger partial charge in [-0.3, -0.25) is 35.9 Å². The first-order chi connectivity index (χ1) is 13.8. The van der Waals surface area contributed by atoms with E-state index in [1.165, 1.54) is 24.3 Å². The lowest BCUT2D eigenvalue weighted by Gasteiger charge is -2.12. The maximum absolute atomic E-state index is 12.0. The molecule has 2 rings (SSSR count). The van der Waals surface area contributed by atoms with E-state index in [4.69, 9.17) is 17.0 Å². The number of halogens is 1. The molecule has 3 N–H and O–H groups in total. The number of non-ortho nitro benzene ring substituents is 1. The Bertz CT molecular complexity index is 936. The molecule has 2 aromatic carbocycles. The van der Waals surface area contributed by atoms with Gasteiger partial charge in [-0.15, -0.1) is 0 Å². The number of nitro groups is 1. The Hall–Kier alpha value is -3.05. The molecule has 2 aromatic rings. The molecule has 0 heterocycles. The average molecular weight is 481 g/mol. The van der Waals surface area contributed by atoms with Gasteiger partial charge < -0.3 is 4.74 Å². The minimum Gasteiger partial charge on any atom is -0.483 e. The summed E-state index contributed by atoms with van der Waals surface area (Å²) in [5.74, 6) is -0.572. The Morgan fingerprint density at radius 1 is 1.17 bits per heavy atom. The number of carbonyl (C=O) groups excluding carboxylic acids is 2. The monoisotopic (exact) mass is 480 g/mol. The molecule has 11 heteroatoms. The van der Waals surface area contributed by atoms with Crippen molar-refractivity contribution in [3.05, 3.63) is 68.2 Å². The highest BCUT2D eigenvalue weighted by Gasteiger charge is 2.12. The molecule has 2 amide bonds. The van der Waals surface area contributed by atoms with Crippen molar-refractivity contribution in [2.24, 2.45) is 0 Å². The van der Waals surface area contributed by atoms with E-state index in [9.17, 15) is 19.7 Å². The number of amides is 2. The van der Waals surface area contributed by atoms with Gasteiger partial charge in [0.25, 0.3) is 17.5 Å². The Labute approximate surface area is 180 Å². The molecule has 152 valence electrons. The summed E-state index contributed by atoms with van der Waals surface area (Å²) in [4.78, 5) is 33.9. The van der Waals surface area contributed by atoms with Gasteiger partial charge in [-0.25, -0.2) is 0 Å². The molecule has 0 aliphatic rings. The molecular weight excluding hydrogens is 464 g/mol. The lowest BCUT2D eigenvalue weighted by atomic mass is 10.2. The van der Waals surface area contributed by atoms with Crippen LogP contribution in [-0.2, 0) is 11.2 Å². The van der Waals surface area contributed by atoms with Gasteiger partial charge in [-0.2, -0.15) is 0 Å². The average Bonchev–Trinajstić information content (AvgIpc) is 2.71. The molecule has 0 aromatic heterocycles. The van der Waals surface area contributed by atoms with Gasteiger partial charge in [0, 0.05) is 17.7 Å². The number of carbonyl (C=O) groups is 2. The smallest absolute Gasteiger partial charge is 0.276 e. The van der Waals surface area contributed by atoms with Crippen LogP contribution < -0.4 is 20.9 Å². The number of hydrogen-bond donors (Lipinski definition) is 3. The highest BCUT2D eigenvalue weighted by Crippen LogP contribution is 2.26. The summed E-state index contributed by atoms with van der Waals surface area (Å²) in [7, 11) is 0. The van der Waals surface area contributed by atoms with Crippen molar-refractivity contribution in [3.63, 3.8) is 0 Å². The van der Waals surface area contributed by atoms with Crippen molar-refractivity contribution in [1.29, 1.82) is 0 Å². The number of nitrogens with zero attached hydrogens (tertiary/aromatic N) is 1. The first-order valence-electron chi connectivity index (χ1n) is 8.36. The van der Waals surface area contributed by atoms with E-state index in [-0.39, 0.29) is 23.0 Å². The zero-order valence-electron chi connectivity index (χ0n) is 15.2. The van der Waals surface area contributed by atoms with Gasteiger partial charge in [0.05, 0.1) is 9.40 Å². The lowest BCUT2D eigenvalue weighted by molar-refractivity contribution is -0.384. The van der Waals surface area contributed by atoms with Gasteiger partial charge in [0.15, 0.2) is 11.7 Å². The van der Waals surface area contributed by atoms with E-state index in [1.54, 1.807) is 6.07 Å². The Morgan fingerprint density at radius 2 is 1.86 bits per heavy atom. The van der Waals surface area contributed by atoms with Crippen LogP contribution in [0.4, 0.5) is 5.69 Å². The number of ether oxygens (including phenoxy) is 1. The number of rotatable bonds is 6. The van der Waals surface area contributed by atoms with E-state index in [0.717, 1.165) is 16.5 Å². The molecule has 0 aliphatic heterocycles. The van der Waals surface area contributed by atoms with E-state index in [0.29, 0.717) is 5.75 Å². The van der Waals surface area contributed by atoms with Crippen molar-refractivity contribution in [3.8, 4) is 5.75 Å². The predicted molar refractivity (Wildman–Crippen MR) is 113 cm³/mol. The Balaban J connectivity index is 1.77. The third-order valence-electron chi connectivity index (χ3n) is 3.65. The highest BCUT2D eigenvalue weighted by molar-refractivity contribution is 9.10. The molecule has 0 saturated carbocycles. The zero-order chi connectivity index (χ0) is 21.4. The molecule has 29 heavy (non-hydrogen) atoms. The molecule has 0 fully saturated rings. The minimum atomic E-state index is -0.581. The number of benzene rings is 2. The van der Waals surface area contributed by atoms with Crippen LogP contribution in [0.25, 0.3) is 0 Å². The number of aryl methyl sites for hydroxylation is 1. The van der Waals surface area contributed by atoms with Crippen molar-refractivity contribution in [2.45, 2.75) is 13.3 Å². The maximum Gasteiger partial charge on any atom is 0.276 e. The first kappa shape index (κ1) is 22.2. The van der Waals surface area contributed by atoms with Crippen LogP contribution in [0.2, 0.25) is 0 Å². The van der Waals surface area contributed by atoms with E-state index >= 15 is 0 Å². The molecule has 0 aliphatic carbocycles. The van der Waals surface area contributed by atoms with Crippen LogP contribution in [0, 0.1) is 10.1 Å². The second-order valence-electron chi connectivity index (χ2n) is 5.67. The quantitative estimate of drug-likeness (QED) is 0.329. The zero-order valence-corrected chi connectivity index (χ0v) is 17.6. The van der Waals surface area contributed by atoms with Crippen molar-refractivity contribution in [2.75, 3.05) is 6.61 Å². The largest absolute Gasteiger partial charge is 0.483 e. The maximum atomic E-state index is 12.0. The normalized spacial score (nSPS) is 10.0. The summed E-state index contributed by atoms with van der Waals surface area (Å²) in [6, 6.07) is 10.6. The standard InChI is InChI=1S/C18H17BrN4O5S/c1-2-11-3-8-15(14(19)9-11)28-10-16(24)21-22-18(29)20-17(25)12-4-6-13(7-5-12)23(26)27/h3-9H,2,10H2,1H3,(H,21,24)(H2,20,22,25,29). The van der Waals surface area contributed by atoms with Crippen LogP contribution in [0.15, 0.2) is 46.9 Å². The van der Waals surface area contributed by atoms with E-state index in [2.05, 4.69) is 32.1 Å². The fourth-order valence-electron chi connectivity index (χ4n) is 2.13. The summed E-state index contributed by atoms with van der Waals surface area (Å²) < 4.78 is 6.17. The van der Waals surface area contributed by atoms with Crippen LogP contribution in [0.1, 0.15) is 22.8 Å². The molecule has 0 spiro atoms. The summed E-state index contributed by atoms with van der Waals surface area (Å²) in [5.41, 5.74) is 5.85. The molecule has 0 saturated heterocycles. The van der Waals surface area contributed by atoms with Crippen LogP contribution in [-0.4, -0.2) is 28.5 Å².